The molecule has 2 fully saturated rings. The molecule has 0 aromatic rings. The molecule has 16 heavy (non-hydrogen) atoms. The molecule has 0 N–H and O–H groups in total. The maximum atomic E-state index is 13.8. The number of ether oxygens (including phenoxy) is 1. The molecule has 92 valence electrons. The minimum absolute atomic E-state index is 0.0848. The van der Waals surface area contributed by atoms with Gasteiger partial charge in [-0.2, -0.15) is 0 Å². The monoisotopic (exact) mass is 229 g/mol. The minimum Gasteiger partial charge on any atom is -0.444 e. The van der Waals surface area contributed by atoms with Gasteiger partial charge in [-0.1, -0.05) is 0 Å². The van der Waals surface area contributed by atoms with Gasteiger partial charge in [-0.25, -0.2) is 9.18 Å². The van der Waals surface area contributed by atoms with E-state index >= 15 is 0 Å². The average Bonchev–Trinajstić information content (AvgIpc) is 2.88. The fourth-order valence-electron chi connectivity index (χ4n) is 2.21. The largest absolute Gasteiger partial charge is 0.444 e. The fourth-order valence-corrected chi connectivity index (χ4v) is 2.21. The molecule has 0 unspecified atom stereocenters. The third-order valence-electron chi connectivity index (χ3n) is 3.47. The van der Waals surface area contributed by atoms with Crippen LogP contribution in [-0.2, 0) is 4.74 Å². The average molecular weight is 229 g/mol. The number of carbonyl (C=O) groups excluding carboxylic acids is 1. The molecule has 1 saturated carbocycles. The van der Waals surface area contributed by atoms with Crippen molar-refractivity contribution in [2.45, 2.75) is 51.8 Å². The number of hydrogen-bond acceptors (Lipinski definition) is 2. The summed E-state index contributed by atoms with van der Waals surface area (Å²) in [4.78, 5) is 13.2. The molecule has 0 aromatic heterocycles. The van der Waals surface area contributed by atoms with Gasteiger partial charge in [-0.3, -0.25) is 0 Å². The lowest BCUT2D eigenvalue weighted by molar-refractivity contribution is 0.00219. The summed E-state index contributed by atoms with van der Waals surface area (Å²) < 4.78 is 19.1. The van der Waals surface area contributed by atoms with Crippen LogP contribution in [0.1, 0.15) is 40.0 Å². The Balaban J connectivity index is 1.90. The lowest BCUT2D eigenvalue weighted by Gasteiger charge is -2.35. The van der Waals surface area contributed by atoms with Crippen molar-refractivity contribution in [3.8, 4) is 0 Å². The Morgan fingerprint density at radius 1 is 1.38 bits per heavy atom. The minimum atomic E-state index is -0.867. The predicted molar refractivity (Wildman–Crippen MR) is 59.0 cm³/mol. The van der Waals surface area contributed by atoms with E-state index in [1.165, 1.54) is 4.90 Å². The van der Waals surface area contributed by atoms with E-state index in [0.29, 0.717) is 6.54 Å². The van der Waals surface area contributed by atoms with Crippen molar-refractivity contribution in [1.29, 1.82) is 0 Å². The molecular weight excluding hydrogens is 209 g/mol. The number of amides is 1. The molecule has 1 aliphatic heterocycles. The van der Waals surface area contributed by atoms with Crippen LogP contribution in [0.2, 0.25) is 0 Å². The van der Waals surface area contributed by atoms with Crippen LogP contribution < -0.4 is 0 Å². The van der Waals surface area contributed by atoms with E-state index in [2.05, 4.69) is 0 Å². The molecule has 1 aliphatic carbocycles. The number of halogens is 1. The Hall–Kier alpha value is -0.800. The molecule has 1 spiro atoms. The zero-order valence-electron chi connectivity index (χ0n) is 10.3. The van der Waals surface area contributed by atoms with E-state index in [1.807, 2.05) is 20.8 Å². The van der Waals surface area contributed by atoms with Crippen LogP contribution in [0.15, 0.2) is 0 Å². The first-order valence-electron chi connectivity index (χ1n) is 5.94. The van der Waals surface area contributed by atoms with E-state index in [0.717, 1.165) is 19.3 Å². The molecule has 2 aliphatic rings. The standard InChI is InChI=1S/C12H20FNO2/c1-11(2,3)16-10(15)14-7-6-12(4-5-12)9(13)8-14/h9H,4-8H2,1-3H3/t9-/m1/s1. The summed E-state index contributed by atoms with van der Waals surface area (Å²) in [5.41, 5.74) is -0.587. The molecular formula is C12H20FNO2. The summed E-state index contributed by atoms with van der Waals surface area (Å²) in [6.07, 6.45) is 1.50. The first kappa shape index (κ1) is 11.7. The Labute approximate surface area is 95.9 Å². The molecule has 0 aromatic carbocycles. The molecule has 1 amide bonds. The number of carbonyl (C=O) groups is 1. The third kappa shape index (κ3) is 2.30. The van der Waals surface area contributed by atoms with Crippen molar-refractivity contribution < 1.29 is 13.9 Å². The lowest BCUT2D eigenvalue weighted by atomic mass is 9.92. The third-order valence-corrected chi connectivity index (χ3v) is 3.47. The molecule has 4 heteroatoms. The zero-order chi connectivity index (χ0) is 12.0. The van der Waals surface area contributed by atoms with Gasteiger partial charge in [0, 0.05) is 12.0 Å². The van der Waals surface area contributed by atoms with E-state index in [4.69, 9.17) is 4.74 Å². The van der Waals surface area contributed by atoms with Crippen LogP contribution in [0.3, 0.4) is 0 Å². The van der Waals surface area contributed by atoms with Gasteiger partial charge < -0.3 is 9.64 Å². The van der Waals surface area contributed by atoms with Crippen LogP contribution in [0.4, 0.5) is 9.18 Å². The number of nitrogens with zero attached hydrogens (tertiary/aromatic N) is 1. The highest BCUT2D eigenvalue weighted by atomic mass is 19.1. The zero-order valence-corrected chi connectivity index (χ0v) is 10.3. The van der Waals surface area contributed by atoms with Gasteiger partial charge in [0.05, 0.1) is 6.54 Å². The van der Waals surface area contributed by atoms with E-state index in [-0.39, 0.29) is 18.1 Å². The van der Waals surface area contributed by atoms with Crippen LogP contribution in [-0.4, -0.2) is 35.9 Å². The van der Waals surface area contributed by atoms with Crippen molar-refractivity contribution in [3.63, 3.8) is 0 Å². The molecule has 2 rings (SSSR count). The summed E-state index contributed by atoms with van der Waals surface area (Å²) in [5, 5.41) is 0. The molecule has 1 atom stereocenters. The van der Waals surface area contributed by atoms with Gasteiger partial charge in [0.25, 0.3) is 0 Å². The van der Waals surface area contributed by atoms with Gasteiger partial charge in [0.2, 0.25) is 0 Å². The molecule has 0 bridgehead atoms. The van der Waals surface area contributed by atoms with Crippen LogP contribution in [0.25, 0.3) is 0 Å². The fraction of sp³-hybridized carbons (Fsp3) is 0.917. The van der Waals surface area contributed by atoms with Gasteiger partial charge in [-0.05, 0) is 40.0 Å². The van der Waals surface area contributed by atoms with Crippen LogP contribution in [0, 0.1) is 5.41 Å². The maximum Gasteiger partial charge on any atom is 0.410 e. The second kappa shape index (κ2) is 3.60. The second-order valence-corrected chi connectivity index (χ2v) is 6.01. The SMILES string of the molecule is CC(C)(C)OC(=O)N1CCC2(CC2)[C@H](F)C1. The number of alkyl halides is 1. The van der Waals surface area contributed by atoms with Crippen LogP contribution >= 0.6 is 0 Å². The highest BCUT2D eigenvalue weighted by molar-refractivity contribution is 5.68. The van der Waals surface area contributed by atoms with Gasteiger partial charge in [0.1, 0.15) is 11.8 Å². The molecule has 1 heterocycles. The Morgan fingerprint density at radius 2 is 2.00 bits per heavy atom. The van der Waals surface area contributed by atoms with E-state index in [1.54, 1.807) is 0 Å². The lowest BCUT2D eigenvalue weighted by Crippen LogP contribution is -2.47. The Bertz CT molecular complexity index is 294. The van der Waals surface area contributed by atoms with Gasteiger partial charge in [0.15, 0.2) is 0 Å². The van der Waals surface area contributed by atoms with Crippen LogP contribution in [0.5, 0.6) is 0 Å². The summed E-state index contributed by atoms with van der Waals surface area (Å²) in [6, 6.07) is 0. The highest BCUT2D eigenvalue weighted by Crippen LogP contribution is 2.54. The van der Waals surface area contributed by atoms with Gasteiger partial charge >= 0.3 is 6.09 Å². The number of hydrogen-bond donors (Lipinski definition) is 0. The second-order valence-electron chi connectivity index (χ2n) is 6.01. The quantitative estimate of drug-likeness (QED) is 0.639. The topological polar surface area (TPSA) is 29.5 Å². The highest BCUT2D eigenvalue weighted by Gasteiger charge is 2.53. The number of likely N-dealkylation sites (tertiary alicyclic amines) is 1. The van der Waals surface area contributed by atoms with Crippen molar-refractivity contribution in [3.05, 3.63) is 0 Å². The molecule has 1 saturated heterocycles. The summed E-state index contributed by atoms with van der Waals surface area (Å²) >= 11 is 0. The van der Waals surface area contributed by atoms with Crippen molar-refractivity contribution >= 4 is 6.09 Å². The summed E-state index contributed by atoms with van der Waals surface area (Å²) in [6.45, 7) is 6.31. The predicted octanol–water partition coefficient (Wildman–Crippen LogP) is 2.75. The Kier molecular flexibility index (Phi) is 2.63. The Morgan fingerprint density at radius 3 is 2.44 bits per heavy atom. The first-order chi connectivity index (χ1) is 7.32. The molecule has 0 radical (unpaired) electrons. The summed E-state index contributed by atoms with van der Waals surface area (Å²) in [5.74, 6) is 0. The first-order valence-corrected chi connectivity index (χ1v) is 5.94. The van der Waals surface area contributed by atoms with Crippen molar-refractivity contribution in [1.82, 2.24) is 4.90 Å². The van der Waals surface area contributed by atoms with Crippen molar-refractivity contribution in [2.24, 2.45) is 5.41 Å². The number of rotatable bonds is 0. The maximum absolute atomic E-state index is 13.8. The normalized spacial score (nSPS) is 28.0. The van der Waals surface area contributed by atoms with E-state index in [9.17, 15) is 9.18 Å². The summed E-state index contributed by atoms with van der Waals surface area (Å²) in [7, 11) is 0. The van der Waals surface area contributed by atoms with Crippen molar-refractivity contribution in [2.75, 3.05) is 13.1 Å². The number of piperidine rings is 1. The van der Waals surface area contributed by atoms with Gasteiger partial charge in [-0.15, -0.1) is 0 Å². The van der Waals surface area contributed by atoms with E-state index < -0.39 is 11.8 Å². The molecule has 3 nitrogen and oxygen atoms in total. The smallest absolute Gasteiger partial charge is 0.410 e.